The van der Waals surface area contributed by atoms with Gasteiger partial charge in [-0.2, -0.15) is 0 Å². The summed E-state index contributed by atoms with van der Waals surface area (Å²) in [5.41, 5.74) is 5.60. The van der Waals surface area contributed by atoms with Crippen molar-refractivity contribution < 1.29 is 14.7 Å². The molecule has 0 aromatic carbocycles. The van der Waals surface area contributed by atoms with Gasteiger partial charge in [0.1, 0.15) is 6.04 Å². The van der Waals surface area contributed by atoms with Crippen molar-refractivity contribution in [3.8, 4) is 0 Å². The first kappa shape index (κ1) is 14.0. The largest absolute Gasteiger partial charge is 0.480 e. The number of nitrogens with two attached hydrogens (primary N) is 1. The summed E-state index contributed by atoms with van der Waals surface area (Å²) in [7, 11) is 0. The van der Waals surface area contributed by atoms with Crippen LogP contribution in [0.5, 0.6) is 0 Å². The van der Waals surface area contributed by atoms with Crippen LogP contribution in [0.25, 0.3) is 0 Å². The number of nitrogens with one attached hydrogen (secondary N) is 1. The van der Waals surface area contributed by atoms with Crippen LogP contribution in [0.4, 0.5) is 0 Å². The van der Waals surface area contributed by atoms with Crippen LogP contribution in [0.3, 0.4) is 0 Å². The highest BCUT2D eigenvalue weighted by Gasteiger charge is 2.38. The van der Waals surface area contributed by atoms with E-state index in [0.29, 0.717) is 19.4 Å². The Hall–Kier alpha value is -1.10. The molecule has 17 heavy (non-hydrogen) atoms. The Kier molecular flexibility index (Phi) is 4.93. The van der Waals surface area contributed by atoms with Crippen molar-refractivity contribution in [1.29, 1.82) is 0 Å². The number of aliphatic carboxylic acids is 1. The Balaban J connectivity index is 2.44. The molecule has 0 bridgehead atoms. The number of carboxylic acid groups (broad SMARTS) is 1. The van der Waals surface area contributed by atoms with E-state index >= 15 is 0 Å². The molecule has 1 unspecified atom stereocenters. The van der Waals surface area contributed by atoms with E-state index < -0.39 is 12.0 Å². The van der Waals surface area contributed by atoms with Crippen molar-refractivity contribution in [3.05, 3.63) is 0 Å². The molecule has 0 saturated heterocycles. The molecule has 0 heterocycles. The van der Waals surface area contributed by atoms with E-state index in [0.717, 1.165) is 25.7 Å². The molecule has 0 radical (unpaired) electrons. The second kappa shape index (κ2) is 6.00. The van der Waals surface area contributed by atoms with Gasteiger partial charge in [-0.1, -0.05) is 19.8 Å². The summed E-state index contributed by atoms with van der Waals surface area (Å²) in [6.45, 7) is 2.40. The van der Waals surface area contributed by atoms with Gasteiger partial charge in [0.05, 0.1) is 0 Å². The zero-order chi connectivity index (χ0) is 12.9. The van der Waals surface area contributed by atoms with E-state index in [9.17, 15) is 9.59 Å². The van der Waals surface area contributed by atoms with E-state index in [1.807, 2.05) is 6.92 Å². The molecular formula is C12H22N2O3. The van der Waals surface area contributed by atoms with E-state index in [1.54, 1.807) is 0 Å². The lowest BCUT2D eigenvalue weighted by Gasteiger charge is -2.40. The van der Waals surface area contributed by atoms with Gasteiger partial charge in [-0.05, 0) is 31.2 Å². The van der Waals surface area contributed by atoms with Gasteiger partial charge in [-0.15, -0.1) is 0 Å². The summed E-state index contributed by atoms with van der Waals surface area (Å²) in [6, 6.07) is -0.762. The molecule has 1 saturated carbocycles. The van der Waals surface area contributed by atoms with E-state index in [1.165, 1.54) is 0 Å². The molecule has 1 rings (SSSR count). The molecule has 5 nitrogen and oxygen atoms in total. The number of carboxylic acids is 1. The minimum Gasteiger partial charge on any atom is -0.480 e. The minimum absolute atomic E-state index is 0.0701. The smallest absolute Gasteiger partial charge is 0.326 e. The lowest BCUT2D eigenvalue weighted by molar-refractivity contribution is -0.142. The van der Waals surface area contributed by atoms with Crippen LogP contribution < -0.4 is 11.1 Å². The molecule has 0 aromatic heterocycles. The highest BCUT2D eigenvalue weighted by atomic mass is 16.4. The number of carbonyl (C=O) groups is 2. The lowest BCUT2D eigenvalue weighted by atomic mass is 9.66. The molecule has 0 spiro atoms. The van der Waals surface area contributed by atoms with Crippen molar-refractivity contribution >= 4 is 11.9 Å². The molecule has 4 N–H and O–H groups in total. The van der Waals surface area contributed by atoms with Gasteiger partial charge in [-0.25, -0.2) is 4.79 Å². The summed E-state index contributed by atoms with van der Waals surface area (Å²) in [5.74, 6) is -1.15. The van der Waals surface area contributed by atoms with Crippen LogP contribution in [0.1, 0.15) is 45.4 Å². The SMILES string of the molecule is CCCC(NC(=O)CC1(CN)CCC1)C(=O)O. The Morgan fingerprint density at radius 3 is 2.47 bits per heavy atom. The average Bonchev–Trinajstić information content (AvgIpc) is 2.22. The standard InChI is InChI=1S/C12H22N2O3/c1-2-4-9(11(16)17)14-10(15)7-12(8-13)5-3-6-12/h9H,2-8,13H2,1H3,(H,14,15)(H,16,17). The fraction of sp³-hybridized carbons (Fsp3) is 0.833. The number of hydrogen-bond acceptors (Lipinski definition) is 3. The first-order valence-corrected chi connectivity index (χ1v) is 6.25. The maximum atomic E-state index is 11.8. The maximum absolute atomic E-state index is 11.8. The first-order chi connectivity index (χ1) is 8.03. The van der Waals surface area contributed by atoms with E-state index in [2.05, 4.69) is 5.32 Å². The topological polar surface area (TPSA) is 92.4 Å². The molecule has 1 amide bonds. The van der Waals surface area contributed by atoms with Crippen molar-refractivity contribution in [1.82, 2.24) is 5.32 Å². The molecule has 0 aliphatic heterocycles. The van der Waals surface area contributed by atoms with Crippen LogP contribution in [-0.2, 0) is 9.59 Å². The summed E-state index contributed by atoms with van der Waals surface area (Å²) in [6.07, 6.45) is 4.62. The molecule has 1 aliphatic rings. The molecule has 0 aromatic rings. The fourth-order valence-corrected chi connectivity index (χ4v) is 2.26. The summed E-state index contributed by atoms with van der Waals surface area (Å²) in [5, 5.41) is 11.5. The van der Waals surface area contributed by atoms with Crippen molar-refractivity contribution in [3.63, 3.8) is 0 Å². The monoisotopic (exact) mass is 242 g/mol. The molecule has 1 fully saturated rings. The quantitative estimate of drug-likeness (QED) is 0.617. The van der Waals surface area contributed by atoms with Gasteiger partial charge in [-0.3, -0.25) is 4.79 Å². The number of carbonyl (C=O) groups excluding carboxylic acids is 1. The zero-order valence-corrected chi connectivity index (χ0v) is 10.4. The number of rotatable bonds is 7. The van der Waals surface area contributed by atoms with Crippen LogP contribution in [-0.4, -0.2) is 29.6 Å². The van der Waals surface area contributed by atoms with Gasteiger partial charge in [0, 0.05) is 6.42 Å². The van der Waals surface area contributed by atoms with Crippen LogP contribution in [0, 0.1) is 5.41 Å². The summed E-state index contributed by atoms with van der Waals surface area (Å²) >= 11 is 0. The Bertz CT molecular complexity index is 282. The van der Waals surface area contributed by atoms with Crippen LogP contribution in [0.15, 0.2) is 0 Å². The second-order valence-electron chi connectivity index (χ2n) is 4.98. The third kappa shape index (κ3) is 3.70. The molecule has 98 valence electrons. The Morgan fingerprint density at radius 1 is 1.47 bits per heavy atom. The normalized spacial score (nSPS) is 19.2. The van der Waals surface area contributed by atoms with E-state index in [4.69, 9.17) is 10.8 Å². The molecule has 1 atom stereocenters. The third-order valence-electron chi connectivity index (χ3n) is 3.59. The van der Waals surface area contributed by atoms with Crippen molar-refractivity contribution in [2.45, 2.75) is 51.5 Å². The summed E-state index contributed by atoms with van der Waals surface area (Å²) < 4.78 is 0. The third-order valence-corrected chi connectivity index (χ3v) is 3.59. The van der Waals surface area contributed by atoms with E-state index in [-0.39, 0.29) is 11.3 Å². The Labute approximate surface area is 102 Å². The molecular weight excluding hydrogens is 220 g/mol. The van der Waals surface area contributed by atoms with Crippen LogP contribution in [0.2, 0.25) is 0 Å². The predicted octanol–water partition coefficient (Wildman–Crippen LogP) is 0.875. The fourth-order valence-electron chi connectivity index (χ4n) is 2.26. The predicted molar refractivity (Wildman–Crippen MR) is 64.4 cm³/mol. The van der Waals surface area contributed by atoms with Gasteiger partial charge >= 0.3 is 5.97 Å². The first-order valence-electron chi connectivity index (χ1n) is 6.25. The van der Waals surface area contributed by atoms with Gasteiger partial charge < -0.3 is 16.2 Å². The second-order valence-corrected chi connectivity index (χ2v) is 4.98. The highest BCUT2D eigenvalue weighted by molar-refractivity contribution is 5.83. The average molecular weight is 242 g/mol. The number of hydrogen-bond donors (Lipinski definition) is 3. The summed E-state index contributed by atoms with van der Waals surface area (Å²) in [4.78, 5) is 22.7. The lowest BCUT2D eigenvalue weighted by Crippen LogP contribution is -2.46. The molecule has 5 heteroatoms. The molecule has 1 aliphatic carbocycles. The van der Waals surface area contributed by atoms with Crippen molar-refractivity contribution in [2.24, 2.45) is 11.1 Å². The van der Waals surface area contributed by atoms with Gasteiger partial charge in [0.2, 0.25) is 5.91 Å². The maximum Gasteiger partial charge on any atom is 0.326 e. The highest BCUT2D eigenvalue weighted by Crippen LogP contribution is 2.42. The number of amides is 1. The van der Waals surface area contributed by atoms with Crippen LogP contribution >= 0.6 is 0 Å². The van der Waals surface area contributed by atoms with Gasteiger partial charge in [0.15, 0.2) is 0 Å². The van der Waals surface area contributed by atoms with Gasteiger partial charge in [0.25, 0.3) is 0 Å². The zero-order valence-electron chi connectivity index (χ0n) is 10.4. The van der Waals surface area contributed by atoms with Crippen molar-refractivity contribution in [2.75, 3.05) is 6.54 Å². The minimum atomic E-state index is -0.962. The Morgan fingerprint density at radius 2 is 2.12 bits per heavy atom.